The van der Waals surface area contributed by atoms with Crippen molar-refractivity contribution in [2.75, 3.05) is 17.6 Å². The van der Waals surface area contributed by atoms with E-state index in [0.717, 1.165) is 46.4 Å². The number of nitrogens with zero attached hydrogens (tertiary/aromatic N) is 2. The van der Waals surface area contributed by atoms with Crippen LogP contribution >= 0.6 is 11.8 Å². The minimum Gasteiger partial charge on any atom is -0.335 e. The molecular weight excluding hydrogens is 344 g/mol. The molecule has 2 aromatic carbocycles. The zero-order chi connectivity index (χ0) is 18.4. The molecule has 0 saturated carbocycles. The summed E-state index contributed by atoms with van der Waals surface area (Å²) in [5.74, 6) is 0.907. The predicted octanol–water partition coefficient (Wildman–Crippen LogP) is 4.05. The first kappa shape index (κ1) is 18.2. The minimum absolute atomic E-state index is 0.201. The van der Waals surface area contributed by atoms with Crippen LogP contribution in [0.2, 0.25) is 0 Å². The van der Waals surface area contributed by atoms with Crippen molar-refractivity contribution in [3.8, 4) is 0 Å². The maximum absolute atomic E-state index is 12.2. The van der Waals surface area contributed by atoms with Gasteiger partial charge in [0, 0.05) is 23.5 Å². The second-order valence-electron chi connectivity index (χ2n) is 6.04. The lowest BCUT2D eigenvalue weighted by molar-refractivity contribution is 0.0954. The van der Waals surface area contributed by atoms with E-state index >= 15 is 0 Å². The van der Waals surface area contributed by atoms with Gasteiger partial charge in [-0.3, -0.25) is 9.79 Å². The molecule has 5 nitrogen and oxygen atoms in total. The van der Waals surface area contributed by atoms with Gasteiger partial charge in [0.15, 0.2) is 5.17 Å². The van der Waals surface area contributed by atoms with Crippen LogP contribution in [0.1, 0.15) is 34.8 Å². The summed E-state index contributed by atoms with van der Waals surface area (Å²) in [5, 5.41) is 8.53. The third kappa shape index (κ3) is 4.73. The van der Waals surface area contributed by atoms with Gasteiger partial charge in [0.25, 0.3) is 5.91 Å². The maximum Gasteiger partial charge on any atom is 0.271 e. The lowest BCUT2D eigenvalue weighted by atomic mass is 10.1. The Hall–Kier alpha value is -2.60. The van der Waals surface area contributed by atoms with Crippen LogP contribution in [0.5, 0.6) is 0 Å². The number of rotatable bonds is 4. The van der Waals surface area contributed by atoms with E-state index in [0.29, 0.717) is 5.56 Å². The van der Waals surface area contributed by atoms with Crippen molar-refractivity contribution in [1.29, 1.82) is 0 Å². The molecule has 1 heterocycles. The Morgan fingerprint density at radius 3 is 2.62 bits per heavy atom. The van der Waals surface area contributed by atoms with Crippen LogP contribution in [0, 0.1) is 6.92 Å². The Bertz CT molecular complexity index is 843. The molecule has 0 aliphatic carbocycles. The number of carbonyl (C=O) groups is 1. The van der Waals surface area contributed by atoms with Crippen molar-refractivity contribution in [3.05, 3.63) is 65.2 Å². The van der Waals surface area contributed by atoms with E-state index in [-0.39, 0.29) is 5.91 Å². The first-order chi connectivity index (χ1) is 12.6. The third-order valence-electron chi connectivity index (χ3n) is 4.07. The fourth-order valence-corrected chi connectivity index (χ4v) is 3.38. The molecule has 26 heavy (non-hydrogen) atoms. The van der Waals surface area contributed by atoms with Crippen LogP contribution in [0.3, 0.4) is 0 Å². The molecule has 0 radical (unpaired) electrons. The number of benzene rings is 2. The highest BCUT2D eigenvalue weighted by Crippen LogP contribution is 2.17. The van der Waals surface area contributed by atoms with Crippen molar-refractivity contribution in [1.82, 2.24) is 5.43 Å². The monoisotopic (exact) mass is 366 g/mol. The summed E-state index contributed by atoms with van der Waals surface area (Å²) in [5.41, 5.74) is 6.90. The van der Waals surface area contributed by atoms with E-state index in [9.17, 15) is 4.79 Å². The highest BCUT2D eigenvalue weighted by Gasteiger charge is 2.08. The smallest absolute Gasteiger partial charge is 0.271 e. The van der Waals surface area contributed by atoms with E-state index in [4.69, 9.17) is 0 Å². The summed E-state index contributed by atoms with van der Waals surface area (Å²) in [4.78, 5) is 16.7. The first-order valence-corrected chi connectivity index (χ1v) is 9.57. The van der Waals surface area contributed by atoms with Crippen molar-refractivity contribution in [3.63, 3.8) is 0 Å². The fraction of sp³-hybridized carbons (Fsp3) is 0.250. The first-order valence-electron chi connectivity index (χ1n) is 8.58. The van der Waals surface area contributed by atoms with Crippen LogP contribution in [0.25, 0.3) is 0 Å². The molecule has 134 valence electrons. The quantitative estimate of drug-likeness (QED) is 0.634. The number of amidine groups is 1. The molecule has 3 rings (SSSR count). The molecule has 1 amide bonds. The van der Waals surface area contributed by atoms with E-state index in [1.807, 2.05) is 56.3 Å². The van der Waals surface area contributed by atoms with Crippen LogP contribution in [-0.2, 0) is 0 Å². The minimum atomic E-state index is -0.201. The molecular formula is C20H22N4OS. The van der Waals surface area contributed by atoms with Gasteiger partial charge in [-0.1, -0.05) is 42.1 Å². The standard InChI is InChI=1S/C20H22N4OS/c1-14-6-3-4-7-18(14)19(25)24-23-15(2)16-8-10-17(11-9-16)22-20-21-12-5-13-26-20/h3-4,6-11H,5,12-13H2,1-2H3,(H,21,22)(H,24,25)/b23-15-. The lowest BCUT2D eigenvalue weighted by Gasteiger charge is -2.13. The topological polar surface area (TPSA) is 65.8 Å². The van der Waals surface area contributed by atoms with Gasteiger partial charge in [-0.15, -0.1) is 0 Å². The summed E-state index contributed by atoms with van der Waals surface area (Å²) in [6.07, 6.45) is 1.14. The highest BCUT2D eigenvalue weighted by molar-refractivity contribution is 8.14. The molecule has 0 unspecified atom stereocenters. The van der Waals surface area contributed by atoms with Gasteiger partial charge in [-0.05, 0) is 49.6 Å². The molecule has 2 N–H and O–H groups in total. The van der Waals surface area contributed by atoms with E-state index < -0.39 is 0 Å². The summed E-state index contributed by atoms with van der Waals surface area (Å²) in [6, 6.07) is 15.4. The van der Waals surface area contributed by atoms with Crippen molar-refractivity contribution in [2.24, 2.45) is 10.1 Å². The van der Waals surface area contributed by atoms with Gasteiger partial charge in [0.05, 0.1) is 5.71 Å². The van der Waals surface area contributed by atoms with E-state index in [2.05, 4.69) is 20.8 Å². The number of hydrogen-bond acceptors (Lipinski definition) is 5. The van der Waals surface area contributed by atoms with Gasteiger partial charge in [0.1, 0.15) is 0 Å². The predicted molar refractivity (Wildman–Crippen MR) is 110 cm³/mol. The molecule has 6 heteroatoms. The largest absolute Gasteiger partial charge is 0.335 e. The maximum atomic E-state index is 12.2. The SMILES string of the molecule is C/C(=N/NC(=O)c1ccccc1C)c1ccc(NC2=NCCCS2)cc1. The number of amides is 1. The van der Waals surface area contributed by atoms with Gasteiger partial charge < -0.3 is 5.32 Å². The second kappa shape index (κ2) is 8.67. The summed E-state index contributed by atoms with van der Waals surface area (Å²) >= 11 is 1.75. The Labute approximate surface area is 158 Å². The van der Waals surface area contributed by atoms with Crippen LogP contribution in [0.15, 0.2) is 58.6 Å². The number of thioether (sulfide) groups is 1. The van der Waals surface area contributed by atoms with Crippen LogP contribution < -0.4 is 10.7 Å². The van der Waals surface area contributed by atoms with Gasteiger partial charge >= 0.3 is 0 Å². The fourth-order valence-electron chi connectivity index (χ4n) is 2.54. The van der Waals surface area contributed by atoms with Gasteiger partial charge in [0.2, 0.25) is 0 Å². The average molecular weight is 366 g/mol. The van der Waals surface area contributed by atoms with Crippen LogP contribution in [-0.4, -0.2) is 29.1 Å². The Kier molecular flexibility index (Phi) is 6.07. The highest BCUT2D eigenvalue weighted by atomic mass is 32.2. The van der Waals surface area contributed by atoms with E-state index in [1.165, 1.54) is 0 Å². The molecule has 1 aliphatic rings. The van der Waals surface area contributed by atoms with Crippen molar-refractivity contribution >= 4 is 34.2 Å². The molecule has 0 saturated heterocycles. The molecule has 0 bridgehead atoms. The zero-order valence-corrected chi connectivity index (χ0v) is 15.8. The molecule has 0 spiro atoms. The zero-order valence-electron chi connectivity index (χ0n) is 15.0. The summed E-state index contributed by atoms with van der Waals surface area (Å²) < 4.78 is 0. The second-order valence-corrected chi connectivity index (χ2v) is 7.13. The number of hydrazone groups is 1. The number of aliphatic imine (C=N–C) groups is 1. The number of aryl methyl sites for hydroxylation is 1. The normalized spacial score (nSPS) is 14.5. The third-order valence-corrected chi connectivity index (χ3v) is 5.06. The number of hydrogen-bond donors (Lipinski definition) is 2. The summed E-state index contributed by atoms with van der Waals surface area (Å²) in [7, 11) is 0. The number of anilines is 1. The van der Waals surface area contributed by atoms with Crippen LogP contribution in [0.4, 0.5) is 5.69 Å². The number of nitrogens with one attached hydrogen (secondary N) is 2. The Balaban J connectivity index is 1.63. The van der Waals surface area contributed by atoms with Gasteiger partial charge in [-0.2, -0.15) is 5.10 Å². The van der Waals surface area contributed by atoms with Crippen molar-refractivity contribution in [2.45, 2.75) is 20.3 Å². The molecule has 0 aromatic heterocycles. The molecule has 2 aromatic rings. The van der Waals surface area contributed by atoms with Crippen molar-refractivity contribution < 1.29 is 4.79 Å². The summed E-state index contributed by atoms with van der Waals surface area (Å²) in [6.45, 7) is 4.67. The molecule has 1 aliphatic heterocycles. The average Bonchev–Trinajstić information content (AvgIpc) is 2.67. The molecule has 0 fully saturated rings. The Morgan fingerprint density at radius 2 is 1.92 bits per heavy atom. The van der Waals surface area contributed by atoms with E-state index in [1.54, 1.807) is 17.8 Å². The molecule has 0 atom stereocenters. The van der Waals surface area contributed by atoms with Gasteiger partial charge in [-0.25, -0.2) is 5.43 Å². The lowest BCUT2D eigenvalue weighted by Crippen LogP contribution is -2.20. The Morgan fingerprint density at radius 1 is 1.15 bits per heavy atom. The number of carbonyl (C=O) groups excluding carboxylic acids is 1.